The van der Waals surface area contributed by atoms with E-state index in [-0.39, 0.29) is 0 Å². The fourth-order valence-electron chi connectivity index (χ4n) is 1.70. The number of nitrogens with one attached hydrogen (secondary N) is 1. The van der Waals surface area contributed by atoms with Crippen molar-refractivity contribution < 1.29 is 0 Å². The Morgan fingerprint density at radius 1 is 1.33 bits per heavy atom. The number of aryl methyl sites for hydroxylation is 1. The normalized spacial score (nSPS) is 13.5. The maximum Gasteiger partial charge on any atom is 0.0642 e. The van der Waals surface area contributed by atoms with E-state index >= 15 is 0 Å². The number of nitrogens with zero attached hydrogens (tertiary/aromatic N) is 2. The molecular weight excluding hydrogens is 186 g/mol. The number of hydrogen-bond acceptors (Lipinski definition) is 2. The molecule has 1 aromatic rings. The molecule has 1 rings (SSSR count). The number of likely N-dealkylation sites (N-methyl/N-ethyl adjacent to an activating group) is 1. The predicted octanol–water partition coefficient (Wildman–Crippen LogP) is 1.77. The number of aromatic nitrogens is 2. The summed E-state index contributed by atoms with van der Waals surface area (Å²) >= 11 is 0. The molecule has 0 aromatic carbocycles. The Labute approximate surface area is 92.9 Å². The minimum Gasteiger partial charge on any atom is -0.317 e. The fourth-order valence-corrected chi connectivity index (χ4v) is 1.70. The van der Waals surface area contributed by atoms with Crippen LogP contribution in [0.4, 0.5) is 0 Å². The maximum absolute atomic E-state index is 4.53. The maximum atomic E-state index is 4.53. The van der Waals surface area contributed by atoms with Gasteiger partial charge in [-0.25, -0.2) is 0 Å². The molecule has 0 saturated carbocycles. The summed E-state index contributed by atoms with van der Waals surface area (Å²) in [7, 11) is 4.02. The van der Waals surface area contributed by atoms with E-state index in [1.54, 1.807) is 0 Å². The topological polar surface area (TPSA) is 29.9 Å². The van der Waals surface area contributed by atoms with Crippen LogP contribution in [0.25, 0.3) is 0 Å². The van der Waals surface area contributed by atoms with Crippen molar-refractivity contribution in [3.63, 3.8) is 0 Å². The molecular formula is C12H23N3. The Balaban J connectivity index is 2.68. The van der Waals surface area contributed by atoms with E-state index in [0.29, 0.717) is 12.0 Å². The lowest BCUT2D eigenvalue weighted by Gasteiger charge is -2.06. The molecule has 1 aromatic heterocycles. The highest BCUT2D eigenvalue weighted by atomic mass is 15.3. The summed E-state index contributed by atoms with van der Waals surface area (Å²) in [4.78, 5) is 0. The predicted molar refractivity (Wildman–Crippen MR) is 64.0 cm³/mol. The van der Waals surface area contributed by atoms with Crippen molar-refractivity contribution >= 4 is 0 Å². The molecule has 86 valence electrons. The second-order valence-corrected chi connectivity index (χ2v) is 4.74. The SMILES string of the molecule is CNC(C)Cc1cc(CC(C)C)n(C)n1. The van der Waals surface area contributed by atoms with Gasteiger partial charge in [0, 0.05) is 25.2 Å². The monoisotopic (exact) mass is 209 g/mol. The van der Waals surface area contributed by atoms with Gasteiger partial charge in [0.1, 0.15) is 0 Å². The molecule has 1 heterocycles. The third-order valence-electron chi connectivity index (χ3n) is 2.65. The van der Waals surface area contributed by atoms with Crippen LogP contribution in [0, 0.1) is 5.92 Å². The lowest BCUT2D eigenvalue weighted by Crippen LogP contribution is -2.23. The third kappa shape index (κ3) is 3.67. The Kier molecular flexibility index (Phi) is 4.33. The molecule has 1 unspecified atom stereocenters. The molecule has 0 bridgehead atoms. The van der Waals surface area contributed by atoms with Crippen LogP contribution < -0.4 is 5.32 Å². The van der Waals surface area contributed by atoms with Gasteiger partial charge < -0.3 is 5.32 Å². The van der Waals surface area contributed by atoms with E-state index in [1.807, 2.05) is 18.8 Å². The second kappa shape index (κ2) is 5.31. The van der Waals surface area contributed by atoms with Crippen LogP contribution in [-0.4, -0.2) is 22.9 Å². The molecule has 0 aliphatic heterocycles. The molecule has 1 N–H and O–H groups in total. The first-order valence-electron chi connectivity index (χ1n) is 5.72. The summed E-state index contributed by atoms with van der Waals surface area (Å²) in [5, 5.41) is 7.76. The molecule has 0 spiro atoms. The van der Waals surface area contributed by atoms with Gasteiger partial charge in [-0.2, -0.15) is 5.10 Å². The Morgan fingerprint density at radius 3 is 2.53 bits per heavy atom. The van der Waals surface area contributed by atoms with Gasteiger partial charge in [-0.05, 0) is 32.4 Å². The van der Waals surface area contributed by atoms with Crippen LogP contribution in [0.5, 0.6) is 0 Å². The number of rotatable bonds is 5. The lowest BCUT2D eigenvalue weighted by atomic mass is 10.1. The summed E-state index contributed by atoms with van der Waals surface area (Å²) in [6.07, 6.45) is 2.11. The summed E-state index contributed by atoms with van der Waals surface area (Å²) in [6, 6.07) is 2.72. The Hall–Kier alpha value is -0.830. The highest BCUT2D eigenvalue weighted by molar-refractivity contribution is 5.11. The molecule has 3 heteroatoms. The summed E-state index contributed by atoms with van der Waals surface area (Å²) in [5.74, 6) is 0.690. The van der Waals surface area contributed by atoms with Gasteiger partial charge >= 0.3 is 0 Å². The summed E-state index contributed by atoms with van der Waals surface area (Å²) in [5.41, 5.74) is 2.53. The molecule has 0 saturated heterocycles. The zero-order chi connectivity index (χ0) is 11.4. The van der Waals surface area contributed by atoms with Crippen molar-refractivity contribution in [1.82, 2.24) is 15.1 Å². The minimum absolute atomic E-state index is 0.492. The highest BCUT2D eigenvalue weighted by Gasteiger charge is 2.09. The quantitative estimate of drug-likeness (QED) is 0.801. The van der Waals surface area contributed by atoms with Crippen molar-refractivity contribution in [3.05, 3.63) is 17.5 Å². The van der Waals surface area contributed by atoms with Gasteiger partial charge in [-0.3, -0.25) is 4.68 Å². The molecule has 15 heavy (non-hydrogen) atoms. The van der Waals surface area contributed by atoms with Gasteiger partial charge in [-0.15, -0.1) is 0 Å². The van der Waals surface area contributed by atoms with E-state index in [2.05, 4.69) is 37.3 Å². The molecule has 0 aliphatic rings. The standard InChI is InChI=1S/C12H23N3/c1-9(2)6-12-8-11(14-15(12)5)7-10(3)13-4/h8-10,13H,6-7H2,1-5H3. The number of hydrogen-bond donors (Lipinski definition) is 1. The van der Waals surface area contributed by atoms with Gasteiger partial charge in [0.25, 0.3) is 0 Å². The molecule has 0 aliphatic carbocycles. The van der Waals surface area contributed by atoms with Crippen LogP contribution in [-0.2, 0) is 19.9 Å². The smallest absolute Gasteiger partial charge is 0.0642 e. The van der Waals surface area contributed by atoms with Crippen LogP contribution in [0.1, 0.15) is 32.2 Å². The molecule has 0 fully saturated rings. The van der Waals surface area contributed by atoms with Gasteiger partial charge in [0.05, 0.1) is 5.69 Å². The van der Waals surface area contributed by atoms with E-state index in [0.717, 1.165) is 12.8 Å². The van der Waals surface area contributed by atoms with Crippen molar-refractivity contribution in [2.24, 2.45) is 13.0 Å². The zero-order valence-electron chi connectivity index (χ0n) is 10.5. The third-order valence-corrected chi connectivity index (χ3v) is 2.65. The highest BCUT2D eigenvalue weighted by Crippen LogP contribution is 2.10. The molecule has 0 amide bonds. The van der Waals surface area contributed by atoms with Crippen LogP contribution in [0.3, 0.4) is 0 Å². The van der Waals surface area contributed by atoms with E-state index in [4.69, 9.17) is 0 Å². The van der Waals surface area contributed by atoms with Crippen molar-refractivity contribution in [3.8, 4) is 0 Å². The van der Waals surface area contributed by atoms with E-state index < -0.39 is 0 Å². The summed E-state index contributed by atoms with van der Waals surface area (Å²) < 4.78 is 2.01. The van der Waals surface area contributed by atoms with E-state index in [1.165, 1.54) is 11.4 Å². The molecule has 3 nitrogen and oxygen atoms in total. The van der Waals surface area contributed by atoms with E-state index in [9.17, 15) is 0 Å². The first-order chi connectivity index (χ1) is 7.02. The second-order valence-electron chi connectivity index (χ2n) is 4.74. The Morgan fingerprint density at radius 2 is 2.00 bits per heavy atom. The first kappa shape index (κ1) is 12.2. The van der Waals surface area contributed by atoms with Gasteiger partial charge in [-0.1, -0.05) is 13.8 Å². The minimum atomic E-state index is 0.492. The van der Waals surface area contributed by atoms with Crippen LogP contribution in [0.2, 0.25) is 0 Å². The average Bonchev–Trinajstić information content (AvgIpc) is 2.45. The zero-order valence-corrected chi connectivity index (χ0v) is 10.5. The van der Waals surface area contributed by atoms with Crippen LogP contribution in [0.15, 0.2) is 6.07 Å². The van der Waals surface area contributed by atoms with Crippen molar-refractivity contribution in [1.29, 1.82) is 0 Å². The van der Waals surface area contributed by atoms with Gasteiger partial charge in [0.15, 0.2) is 0 Å². The lowest BCUT2D eigenvalue weighted by molar-refractivity contribution is 0.579. The fraction of sp³-hybridized carbons (Fsp3) is 0.750. The molecule has 1 atom stereocenters. The van der Waals surface area contributed by atoms with Gasteiger partial charge in [0.2, 0.25) is 0 Å². The van der Waals surface area contributed by atoms with Crippen LogP contribution >= 0.6 is 0 Å². The molecule has 0 radical (unpaired) electrons. The first-order valence-corrected chi connectivity index (χ1v) is 5.72. The largest absolute Gasteiger partial charge is 0.317 e. The van der Waals surface area contributed by atoms with Crippen molar-refractivity contribution in [2.45, 2.75) is 39.7 Å². The average molecular weight is 209 g/mol. The summed E-state index contributed by atoms with van der Waals surface area (Å²) in [6.45, 7) is 6.66. The van der Waals surface area contributed by atoms with Crippen molar-refractivity contribution in [2.75, 3.05) is 7.05 Å². The Bertz CT molecular complexity index is 302.